The van der Waals surface area contributed by atoms with Crippen molar-refractivity contribution in [3.63, 3.8) is 0 Å². The van der Waals surface area contributed by atoms with Gasteiger partial charge in [0.15, 0.2) is 0 Å². The zero-order valence-corrected chi connectivity index (χ0v) is 57.8. The Hall–Kier alpha value is -1.71. The number of unbranched alkanes of at least 4 members (excludes halogenated alkanes) is 2. The molecule has 0 aromatic rings. The molecule has 1 aliphatic heterocycles. The number of cyclic esters (lactones) is 1. The minimum Gasteiger partial charge on any atom is -0.459 e. The highest BCUT2D eigenvalue weighted by Gasteiger charge is 2.47. The van der Waals surface area contributed by atoms with Crippen molar-refractivity contribution in [1.29, 1.82) is 0 Å². The highest BCUT2D eigenvalue weighted by Crippen LogP contribution is 2.39. The van der Waals surface area contributed by atoms with E-state index in [0.717, 1.165) is 52.1 Å². The molecule has 1 aliphatic carbocycles. The zero-order chi connectivity index (χ0) is 63.1. The van der Waals surface area contributed by atoms with Crippen molar-refractivity contribution in [3.05, 3.63) is 0 Å². The van der Waals surface area contributed by atoms with Crippen molar-refractivity contribution in [2.75, 3.05) is 47.9 Å². The van der Waals surface area contributed by atoms with Crippen molar-refractivity contribution < 1.29 is 39.2 Å². The molecule has 476 valence electrons. The molecule has 1 heterocycles. The molecule has 2 fully saturated rings. The van der Waals surface area contributed by atoms with E-state index in [2.05, 4.69) is 104 Å². The molecule has 0 aromatic carbocycles. The molecule has 1 saturated heterocycles. The van der Waals surface area contributed by atoms with E-state index in [0.29, 0.717) is 36.6 Å². The number of aliphatic hydroxyl groups is 3. The van der Waals surface area contributed by atoms with Crippen LogP contribution in [0.15, 0.2) is 0 Å². The molecule has 13 heteroatoms. The fraction of sp³-hybridized carbons (Fsp3) is 0.954. The van der Waals surface area contributed by atoms with E-state index in [1.54, 1.807) is 20.8 Å². The second kappa shape index (κ2) is 54.5. The van der Waals surface area contributed by atoms with Gasteiger partial charge in [0, 0.05) is 37.1 Å². The number of nitrogens with zero attached hydrogens (tertiary/aromatic N) is 2. The number of ketones is 1. The molecule has 2 aliphatic rings. The normalized spacial score (nSPS) is 28.9. The average molecular weight is 1120 g/mol. The number of aliphatic hydroxyl groups excluding tert-OH is 2. The number of nitrogens with two attached hydrogens (primary N) is 1. The molecule has 1 amide bonds. The summed E-state index contributed by atoms with van der Waals surface area (Å²) >= 11 is 0. The number of amides is 1. The van der Waals surface area contributed by atoms with Crippen molar-refractivity contribution in [2.24, 2.45) is 47.2 Å². The monoisotopic (exact) mass is 1120 g/mol. The highest BCUT2D eigenvalue weighted by molar-refractivity contribution is 5.79. The van der Waals surface area contributed by atoms with E-state index in [-0.39, 0.29) is 53.7 Å². The fourth-order valence-corrected chi connectivity index (χ4v) is 9.96. The van der Waals surface area contributed by atoms with Gasteiger partial charge in [0.1, 0.15) is 17.5 Å². The molecule has 7 N–H and O–H groups in total. The van der Waals surface area contributed by atoms with E-state index < -0.39 is 35.2 Å². The first-order valence-electron chi connectivity index (χ1n) is 31.9. The van der Waals surface area contributed by atoms with Gasteiger partial charge in [-0.25, -0.2) is 0 Å². The maximum Gasteiger partial charge on any atom is 0.311 e. The van der Waals surface area contributed by atoms with Crippen LogP contribution in [0, 0.1) is 41.4 Å². The van der Waals surface area contributed by atoms with Crippen molar-refractivity contribution in [2.45, 2.75) is 317 Å². The average Bonchev–Trinajstić information content (AvgIpc) is 3.41. The summed E-state index contributed by atoms with van der Waals surface area (Å²) < 4.78 is 12.9. The Kier molecular flexibility index (Phi) is 63.0. The molecule has 6 unspecified atom stereocenters. The van der Waals surface area contributed by atoms with E-state index in [9.17, 15) is 24.6 Å². The third-order valence-electron chi connectivity index (χ3n) is 15.4. The predicted octanol–water partition coefficient (Wildman–Crippen LogP) is 13.8. The largest absolute Gasteiger partial charge is 0.459 e. The van der Waals surface area contributed by atoms with Gasteiger partial charge >= 0.3 is 5.97 Å². The lowest BCUT2D eigenvalue weighted by Gasteiger charge is -2.45. The number of ether oxygens (including phenoxy) is 2. The van der Waals surface area contributed by atoms with E-state index in [4.69, 9.17) is 20.3 Å². The van der Waals surface area contributed by atoms with E-state index in [1.807, 2.05) is 97.1 Å². The Balaban J connectivity index is -0.000000210. The lowest BCUT2D eigenvalue weighted by molar-refractivity contribution is -0.182. The first-order valence-corrected chi connectivity index (χ1v) is 31.9. The minimum atomic E-state index is -1.54. The van der Waals surface area contributed by atoms with Crippen LogP contribution in [0.2, 0.25) is 0 Å². The molecule has 0 spiro atoms. The molecule has 15 atom stereocenters. The number of hydrogen-bond donors (Lipinski definition) is 6. The lowest BCUT2D eigenvalue weighted by Crippen LogP contribution is -2.63. The summed E-state index contributed by atoms with van der Waals surface area (Å²) in [7, 11) is 7.09. The van der Waals surface area contributed by atoms with Crippen LogP contribution < -0.4 is 16.4 Å². The van der Waals surface area contributed by atoms with Gasteiger partial charge in [-0.3, -0.25) is 9.59 Å². The number of carbonyl (C=O) groups excluding carboxylic acids is 3. The number of carbonyl (C=O) groups is 3. The maximum atomic E-state index is 13.7. The van der Waals surface area contributed by atoms with Gasteiger partial charge in [-0.05, 0) is 176 Å². The number of rotatable bonds is 18. The Morgan fingerprint density at radius 3 is 1.72 bits per heavy atom. The van der Waals surface area contributed by atoms with Crippen LogP contribution in [0.5, 0.6) is 0 Å². The standard InChI is InChI=1S/C31H59N3O5.C10H23NO.C10H23N.C5H10O.4C2H6.CH4O/c1-12-25-31(10,37)27(32)23(8)34-28(35)19(4)16-30(9,33-11)22(7)20(5)26(21(6)29(36)39-25)38-24-14-13-17(2)18(3)15-24;1-8(2)6-10(11(4)5)7-9(3)12;1-4-7-8-10-11(6-3)9-5-2;1-3-4-5(2)6;5*1-2/h17-27,33,37H,12-16,32H2,1-11H3,(H,34,35);8-10,12H,6-7H2,1-5H3;4-10H2,1-3H3;3-4H2,1-2H3;4*1-2H3;2H,1H3/t17-,18?,19-,20-,21?,22-,23?,24+,25-,26+,27?,30-,31-;;;;;;;;/m1......../s1. The zero-order valence-electron chi connectivity index (χ0n) is 57.8. The Bertz CT molecular complexity index is 1330. The van der Waals surface area contributed by atoms with E-state index >= 15 is 0 Å². The molecule has 2 rings (SSSR count). The summed E-state index contributed by atoms with van der Waals surface area (Å²) in [5, 5.41) is 34.3. The fourth-order valence-electron chi connectivity index (χ4n) is 9.96. The van der Waals surface area contributed by atoms with Crippen LogP contribution in [-0.2, 0) is 23.9 Å². The number of nitrogens with one attached hydrogen (secondary N) is 2. The van der Waals surface area contributed by atoms with Crippen molar-refractivity contribution in [1.82, 2.24) is 20.4 Å². The molecule has 13 nitrogen and oxygen atoms in total. The van der Waals surface area contributed by atoms with Gasteiger partial charge in [0.05, 0.1) is 30.3 Å². The third kappa shape index (κ3) is 39.7. The summed E-state index contributed by atoms with van der Waals surface area (Å²) in [4.78, 5) is 41.8. The van der Waals surface area contributed by atoms with Crippen LogP contribution in [0.4, 0.5) is 0 Å². The smallest absolute Gasteiger partial charge is 0.311 e. The highest BCUT2D eigenvalue weighted by atomic mass is 16.6. The Morgan fingerprint density at radius 1 is 0.821 bits per heavy atom. The number of Topliss-reactive ketones (excluding diaryl/α,β-unsaturated/α-hetero) is 1. The van der Waals surface area contributed by atoms with Crippen LogP contribution in [0.25, 0.3) is 0 Å². The van der Waals surface area contributed by atoms with Crippen LogP contribution >= 0.6 is 0 Å². The first-order chi connectivity index (χ1) is 36.5. The van der Waals surface area contributed by atoms with Gasteiger partial charge in [0.25, 0.3) is 0 Å². The lowest BCUT2D eigenvalue weighted by atomic mass is 9.70. The van der Waals surface area contributed by atoms with Gasteiger partial charge in [0.2, 0.25) is 5.91 Å². The maximum absolute atomic E-state index is 13.7. The Labute approximate surface area is 487 Å². The molecular weight excluding hydrogens is 979 g/mol. The molecule has 78 heavy (non-hydrogen) atoms. The van der Waals surface area contributed by atoms with Crippen LogP contribution in [-0.4, -0.2) is 144 Å². The summed E-state index contributed by atoms with van der Waals surface area (Å²) in [5.74, 6) is 0.950. The van der Waals surface area contributed by atoms with Crippen molar-refractivity contribution in [3.8, 4) is 0 Å². The molecule has 0 radical (unpaired) electrons. The molecule has 0 aromatic heterocycles. The van der Waals surface area contributed by atoms with Gasteiger partial charge in [-0.15, -0.1) is 0 Å². The number of hydrogen-bond acceptors (Lipinski definition) is 12. The Morgan fingerprint density at radius 2 is 1.35 bits per heavy atom. The SMILES string of the molecule is CC.CC.CC.CC.CC(C)CC(CC(C)O)N(C)C.CCCC(C)=O.CCCCCN(CC)CCC.CC[C@H]1OC(=O)C(C)[C@@H](O[C@H]2CC[C@@H](C)C(C)C2)[C@H](C)[C@@H](C)[C@](C)(NC)C[C@@H](C)C(=O)NC(C)C(N)[C@]1(C)O.CO. The minimum absolute atomic E-state index is 0.0122. The van der Waals surface area contributed by atoms with Crippen LogP contribution in [0.3, 0.4) is 0 Å². The molecular formula is C65H143N5O8. The van der Waals surface area contributed by atoms with Gasteiger partial charge in [-0.2, -0.15) is 0 Å². The summed E-state index contributed by atoms with van der Waals surface area (Å²) in [6.45, 7) is 56.6. The van der Waals surface area contributed by atoms with Gasteiger partial charge in [-0.1, -0.05) is 151 Å². The van der Waals surface area contributed by atoms with Crippen LogP contribution in [0.1, 0.15) is 263 Å². The third-order valence-corrected chi connectivity index (χ3v) is 15.4. The first kappa shape index (κ1) is 90.1. The summed E-state index contributed by atoms with van der Waals surface area (Å²) in [6.07, 6.45) is 11.9. The predicted molar refractivity (Wildman–Crippen MR) is 340 cm³/mol. The van der Waals surface area contributed by atoms with Gasteiger partial charge < -0.3 is 55.8 Å². The quantitative estimate of drug-likeness (QED) is 0.0564. The van der Waals surface area contributed by atoms with Crippen molar-refractivity contribution >= 4 is 17.7 Å². The number of esters is 1. The summed E-state index contributed by atoms with van der Waals surface area (Å²) in [5.41, 5.74) is 4.57. The molecule has 1 saturated carbocycles. The second-order valence-corrected chi connectivity index (χ2v) is 22.5. The molecule has 0 bridgehead atoms. The second-order valence-electron chi connectivity index (χ2n) is 22.5. The summed E-state index contributed by atoms with van der Waals surface area (Å²) in [6, 6.07) is -0.836. The topological polar surface area (TPSA) is 187 Å². The van der Waals surface area contributed by atoms with E-state index in [1.165, 1.54) is 45.3 Å².